The van der Waals surface area contributed by atoms with Crippen LogP contribution in [0.1, 0.15) is 252 Å². The molecule has 0 bridgehead atoms. The Morgan fingerprint density at radius 3 is 0.930 bits per heavy atom. The van der Waals surface area contributed by atoms with E-state index in [9.17, 15) is 14.4 Å². The van der Waals surface area contributed by atoms with Crippen LogP contribution in [0.2, 0.25) is 0 Å². The average molecular weight is 984 g/mol. The van der Waals surface area contributed by atoms with E-state index >= 15 is 0 Å². The maximum absolute atomic E-state index is 12.8. The second-order valence-corrected chi connectivity index (χ2v) is 18.8. The highest BCUT2D eigenvalue weighted by Gasteiger charge is 2.19. The first kappa shape index (κ1) is 66.8. The molecule has 0 aliphatic carbocycles. The Kier molecular flexibility index (Phi) is 54.9. The molecule has 0 saturated carbocycles. The molecule has 402 valence electrons. The minimum absolute atomic E-state index is 0.100. The summed E-state index contributed by atoms with van der Waals surface area (Å²) in [6.07, 6.45) is 80.7. The fourth-order valence-electron chi connectivity index (χ4n) is 7.61. The van der Waals surface area contributed by atoms with Gasteiger partial charge in [0.25, 0.3) is 0 Å². The van der Waals surface area contributed by atoms with E-state index in [0.717, 1.165) is 116 Å². The Labute approximate surface area is 437 Å². The number of esters is 3. The first-order valence-electron chi connectivity index (χ1n) is 29.0. The Balaban J connectivity index is 4.35. The maximum atomic E-state index is 12.8. The van der Waals surface area contributed by atoms with Crippen molar-refractivity contribution < 1.29 is 28.6 Å². The van der Waals surface area contributed by atoms with Gasteiger partial charge in [0, 0.05) is 19.3 Å². The topological polar surface area (TPSA) is 78.9 Å². The highest BCUT2D eigenvalue weighted by Crippen LogP contribution is 2.14. The van der Waals surface area contributed by atoms with Crippen LogP contribution in [-0.4, -0.2) is 37.2 Å². The van der Waals surface area contributed by atoms with Gasteiger partial charge < -0.3 is 14.2 Å². The largest absolute Gasteiger partial charge is 0.462 e. The fourth-order valence-corrected chi connectivity index (χ4v) is 7.61. The molecule has 6 nitrogen and oxygen atoms in total. The molecule has 1 atom stereocenters. The molecule has 0 amide bonds. The summed E-state index contributed by atoms with van der Waals surface area (Å²) in [5.74, 6) is -0.978. The lowest BCUT2D eigenvalue weighted by atomic mass is 10.1. The maximum Gasteiger partial charge on any atom is 0.306 e. The number of carbonyl (C=O) groups is 3. The normalized spacial score (nSPS) is 13.0. The summed E-state index contributed by atoms with van der Waals surface area (Å²) >= 11 is 0. The molecule has 1 unspecified atom stereocenters. The van der Waals surface area contributed by atoms with Crippen LogP contribution in [0.15, 0.2) is 122 Å². The monoisotopic (exact) mass is 983 g/mol. The summed E-state index contributed by atoms with van der Waals surface area (Å²) in [6.45, 7) is 6.43. The van der Waals surface area contributed by atoms with E-state index in [-0.39, 0.29) is 37.5 Å². The fraction of sp³-hybridized carbons (Fsp3) is 0.646. The van der Waals surface area contributed by atoms with Crippen molar-refractivity contribution in [3.05, 3.63) is 122 Å². The number of carbonyl (C=O) groups excluding carboxylic acids is 3. The second-order valence-electron chi connectivity index (χ2n) is 18.8. The lowest BCUT2D eigenvalue weighted by Gasteiger charge is -2.18. The standard InChI is InChI=1S/C65H106O6/c1-4-7-10-13-16-19-21-23-25-27-28-29-30-31-32-33-34-35-36-37-38-39-41-42-44-46-49-52-55-58-64(67)70-61-62(60-69-63(66)57-54-51-48-18-15-12-9-6-3)71-65(68)59-56-53-50-47-45-43-40-26-24-22-20-17-14-11-8-5-2/h7,10,16,19,23,25-26,28-29,31-32,34-35,37-38,40-42,46,49,62H,4-6,8-9,11-15,17-18,20-22,24,27,30,33,36,39,43-45,47-48,50-61H2,1-3H3/b10-7-,19-16-,25-23-,29-28-,32-31-,35-34-,38-37-,40-26-,42-41-,49-46-. The summed E-state index contributed by atoms with van der Waals surface area (Å²) in [7, 11) is 0. The summed E-state index contributed by atoms with van der Waals surface area (Å²) < 4.78 is 16.7. The first-order valence-corrected chi connectivity index (χ1v) is 29.0. The smallest absolute Gasteiger partial charge is 0.306 e. The Morgan fingerprint density at radius 2 is 0.563 bits per heavy atom. The molecule has 0 aromatic rings. The van der Waals surface area contributed by atoms with Crippen LogP contribution in [-0.2, 0) is 28.6 Å². The van der Waals surface area contributed by atoms with Gasteiger partial charge in [-0.3, -0.25) is 14.4 Å². The number of hydrogen-bond donors (Lipinski definition) is 0. The van der Waals surface area contributed by atoms with Crippen molar-refractivity contribution >= 4 is 17.9 Å². The molecule has 0 saturated heterocycles. The average Bonchev–Trinajstić information content (AvgIpc) is 3.37. The summed E-state index contributed by atoms with van der Waals surface area (Å²) in [5, 5.41) is 0. The van der Waals surface area contributed by atoms with Gasteiger partial charge in [0.1, 0.15) is 13.2 Å². The summed E-state index contributed by atoms with van der Waals surface area (Å²) in [6, 6.07) is 0. The lowest BCUT2D eigenvalue weighted by molar-refractivity contribution is -0.167. The molecule has 0 radical (unpaired) electrons. The Bertz CT molecular complexity index is 1500. The number of unbranched alkanes of at least 4 members (excludes halogenated alkanes) is 20. The Hall–Kier alpha value is -4.19. The van der Waals surface area contributed by atoms with Crippen molar-refractivity contribution in [2.24, 2.45) is 0 Å². The predicted molar refractivity (Wildman–Crippen MR) is 306 cm³/mol. The molecule has 0 aliphatic rings. The molecule has 6 heteroatoms. The van der Waals surface area contributed by atoms with Gasteiger partial charge in [0.2, 0.25) is 0 Å². The van der Waals surface area contributed by atoms with Crippen LogP contribution in [0.5, 0.6) is 0 Å². The zero-order valence-corrected chi connectivity index (χ0v) is 45.9. The van der Waals surface area contributed by atoms with Crippen molar-refractivity contribution in [3.8, 4) is 0 Å². The molecule has 0 spiro atoms. The highest BCUT2D eigenvalue weighted by molar-refractivity contribution is 5.71. The number of hydrogen-bond acceptors (Lipinski definition) is 6. The third-order valence-corrected chi connectivity index (χ3v) is 12.0. The molecule has 0 aromatic carbocycles. The second kappa shape index (κ2) is 58.4. The van der Waals surface area contributed by atoms with Crippen LogP contribution in [0.3, 0.4) is 0 Å². The van der Waals surface area contributed by atoms with Gasteiger partial charge in [-0.25, -0.2) is 0 Å². The number of ether oxygens (including phenoxy) is 3. The van der Waals surface area contributed by atoms with Crippen molar-refractivity contribution in [3.63, 3.8) is 0 Å². The minimum Gasteiger partial charge on any atom is -0.462 e. The van der Waals surface area contributed by atoms with Crippen LogP contribution in [0.4, 0.5) is 0 Å². The van der Waals surface area contributed by atoms with E-state index in [1.165, 1.54) is 89.9 Å². The third-order valence-electron chi connectivity index (χ3n) is 12.0. The van der Waals surface area contributed by atoms with Crippen LogP contribution in [0.25, 0.3) is 0 Å². The van der Waals surface area contributed by atoms with Crippen molar-refractivity contribution in [1.29, 1.82) is 0 Å². The summed E-state index contributed by atoms with van der Waals surface area (Å²) in [4.78, 5) is 38.0. The molecule has 0 aliphatic heterocycles. The molecule has 0 heterocycles. The molecule has 0 rings (SSSR count). The lowest BCUT2D eigenvalue weighted by Crippen LogP contribution is -2.30. The Morgan fingerprint density at radius 1 is 0.296 bits per heavy atom. The van der Waals surface area contributed by atoms with Gasteiger partial charge >= 0.3 is 17.9 Å². The van der Waals surface area contributed by atoms with Crippen LogP contribution in [0, 0.1) is 0 Å². The molecule has 0 N–H and O–H groups in total. The third kappa shape index (κ3) is 56.6. The first-order chi connectivity index (χ1) is 35.0. The van der Waals surface area contributed by atoms with E-state index < -0.39 is 6.10 Å². The van der Waals surface area contributed by atoms with Gasteiger partial charge in [-0.05, 0) is 109 Å². The number of allylic oxidation sites excluding steroid dienone is 20. The van der Waals surface area contributed by atoms with Gasteiger partial charge in [-0.2, -0.15) is 0 Å². The SMILES string of the molecule is CC/C=C\C/C=C\C/C=C\C/C=C\C/C=C\C/C=C\C/C=C\C/C=C\C/C=C\CCCC(=O)OCC(COC(=O)CCCCCCCCCC)OC(=O)CCCCCCC/C=C\CCCCCCCCC. The van der Waals surface area contributed by atoms with Gasteiger partial charge in [0.05, 0.1) is 0 Å². The molecular formula is C65H106O6. The van der Waals surface area contributed by atoms with E-state index in [0.29, 0.717) is 19.3 Å². The minimum atomic E-state index is -0.806. The molecular weight excluding hydrogens is 877 g/mol. The van der Waals surface area contributed by atoms with Crippen LogP contribution < -0.4 is 0 Å². The highest BCUT2D eigenvalue weighted by atomic mass is 16.6. The van der Waals surface area contributed by atoms with Gasteiger partial charge in [-0.15, -0.1) is 0 Å². The zero-order chi connectivity index (χ0) is 51.4. The van der Waals surface area contributed by atoms with Crippen molar-refractivity contribution in [1.82, 2.24) is 0 Å². The van der Waals surface area contributed by atoms with Crippen molar-refractivity contribution in [2.75, 3.05) is 13.2 Å². The summed E-state index contributed by atoms with van der Waals surface area (Å²) in [5.41, 5.74) is 0. The van der Waals surface area contributed by atoms with Crippen LogP contribution >= 0.6 is 0 Å². The molecule has 0 fully saturated rings. The van der Waals surface area contributed by atoms with E-state index in [4.69, 9.17) is 14.2 Å². The predicted octanol–water partition coefficient (Wildman–Crippen LogP) is 19.6. The molecule has 71 heavy (non-hydrogen) atoms. The van der Waals surface area contributed by atoms with Gasteiger partial charge in [-0.1, -0.05) is 245 Å². The van der Waals surface area contributed by atoms with E-state index in [2.05, 4.69) is 142 Å². The number of rotatable bonds is 51. The zero-order valence-electron chi connectivity index (χ0n) is 45.9. The quantitative estimate of drug-likeness (QED) is 0.0261. The van der Waals surface area contributed by atoms with Crippen molar-refractivity contribution in [2.45, 2.75) is 258 Å². The van der Waals surface area contributed by atoms with E-state index in [1.807, 2.05) is 0 Å². The van der Waals surface area contributed by atoms with Gasteiger partial charge in [0.15, 0.2) is 6.10 Å². The molecule has 0 aromatic heterocycles. The van der Waals surface area contributed by atoms with E-state index in [1.54, 1.807) is 0 Å².